The maximum atomic E-state index is 5.24. The summed E-state index contributed by atoms with van der Waals surface area (Å²) in [4.78, 5) is 6.29. The average Bonchev–Trinajstić information content (AvgIpc) is 2.14. The molecule has 0 atom stereocenters. The number of guanidine groups is 1. The maximum Gasteiger partial charge on any atom is 0.185 e. The van der Waals surface area contributed by atoms with E-state index in [1.807, 2.05) is 0 Å². The molecule has 0 aromatic rings. The van der Waals surface area contributed by atoms with Gasteiger partial charge < -0.3 is 16.2 Å². The smallest absolute Gasteiger partial charge is 0.185 e. The molecule has 1 aliphatic rings. The van der Waals surface area contributed by atoms with E-state index >= 15 is 0 Å². The Kier molecular flexibility index (Phi) is 4.56. The van der Waals surface area contributed by atoms with Crippen LogP contribution < -0.4 is 11.5 Å². The van der Waals surface area contributed by atoms with Crippen LogP contribution >= 0.6 is 0 Å². The minimum absolute atomic E-state index is 0.182. The topological polar surface area (TPSA) is 76.9 Å². The molecular weight excluding hydrogens is 168 g/mol. The number of ether oxygens (including phenoxy) is 1. The van der Waals surface area contributed by atoms with Crippen molar-refractivity contribution in [2.75, 3.05) is 39.4 Å². The molecule has 0 radical (unpaired) electrons. The van der Waals surface area contributed by atoms with Crippen molar-refractivity contribution in [1.82, 2.24) is 4.90 Å². The zero-order chi connectivity index (χ0) is 9.52. The highest BCUT2D eigenvalue weighted by Gasteiger charge is 2.08. The number of morpholine rings is 1. The predicted octanol–water partition coefficient (Wildman–Crippen LogP) is -1.02. The van der Waals surface area contributed by atoms with Crippen molar-refractivity contribution in [2.24, 2.45) is 16.5 Å². The van der Waals surface area contributed by atoms with Crippen molar-refractivity contribution in [1.29, 1.82) is 0 Å². The molecule has 0 aliphatic carbocycles. The first-order valence-electron chi connectivity index (χ1n) is 4.64. The van der Waals surface area contributed by atoms with E-state index in [4.69, 9.17) is 16.2 Å². The third-order valence-corrected chi connectivity index (χ3v) is 2.03. The quantitative estimate of drug-likeness (QED) is 0.335. The lowest BCUT2D eigenvalue weighted by molar-refractivity contribution is 0.0377. The normalized spacial score (nSPS) is 18.5. The Balaban J connectivity index is 2.01. The van der Waals surface area contributed by atoms with E-state index in [0.717, 1.165) is 45.8 Å². The van der Waals surface area contributed by atoms with Gasteiger partial charge >= 0.3 is 0 Å². The summed E-state index contributed by atoms with van der Waals surface area (Å²) in [6.07, 6.45) is 1.01. The third kappa shape index (κ3) is 4.69. The molecule has 0 spiro atoms. The van der Waals surface area contributed by atoms with Gasteiger partial charge in [-0.1, -0.05) is 0 Å². The van der Waals surface area contributed by atoms with Crippen molar-refractivity contribution < 1.29 is 4.74 Å². The molecule has 13 heavy (non-hydrogen) atoms. The maximum absolute atomic E-state index is 5.24. The Hall–Kier alpha value is -0.810. The predicted molar refractivity (Wildman–Crippen MR) is 52.6 cm³/mol. The highest BCUT2D eigenvalue weighted by Crippen LogP contribution is 1.97. The van der Waals surface area contributed by atoms with Crippen LogP contribution in [0, 0.1) is 0 Å². The van der Waals surface area contributed by atoms with Crippen LogP contribution in [0.2, 0.25) is 0 Å². The summed E-state index contributed by atoms with van der Waals surface area (Å²) in [5.74, 6) is 0.182. The van der Waals surface area contributed by atoms with Gasteiger partial charge in [0.1, 0.15) is 0 Å². The molecule has 5 nitrogen and oxygen atoms in total. The average molecular weight is 186 g/mol. The Labute approximate surface area is 78.7 Å². The van der Waals surface area contributed by atoms with E-state index in [1.54, 1.807) is 0 Å². The highest BCUT2D eigenvalue weighted by atomic mass is 16.5. The van der Waals surface area contributed by atoms with E-state index in [-0.39, 0.29) is 5.96 Å². The molecule has 0 bridgehead atoms. The first-order chi connectivity index (χ1) is 6.29. The van der Waals surface area contributed by atoms with Crippen molar-refractivity contribution in [2.45, 2.75) is 6.42 Å². The van der Waals surface area contributed by atoms with Crippen molar-refractivity contribution >= 4 is 5.96 Å². The van der Waals surface area contributed by atoms with Crippen LogP contribution in [0.4, 0.5) is 0 Å². The lowest BCUT2D eigenvalue weighted by Crippen LogP contribution is -2.37. The van der Waals surface area contributed by atoms with Gasteiger partial charge in [0.25, 0.3) is 0 Å². The van der Waals surface area contributed by atoms with Gasteiger partial charge in [0.05, 0.1) is 13.2 Å². The standard InChI is InChI=1S/C8H18N4O/c9-8(10)11-2-1-3-12-4-6-13-7-5-12/h1-7H2,(H4,9,10,11). The molecule has 1 heterocycles. The number of rotatable bonds is 4. The number of nitrogens with two attached hydrogens (primary N) is 2. The molecule has 1 saturated heterocycles. The molecule has 0 aromatic heterocycles. The molecule has 0 aromatic carbocycles. The fourth-order valence-electron chi connectivity index (χ4n) is 1.33. The number of aliphatic imine (C=N–C) groups is 1. The zero-order valence-electron chi connectivity index (χ0n) is 7.91. The summed E-state index contributed by atoms with van der Waals surface area (Å²) in [7, 11) is 0. The van der Waals surface area contributed by atoms with Gasteiger partial charge in [0.2, 0.25) is 0 Å². The fourth-order valence-corrected chi connectivity index (χ4v) is 1.33. The molecule has 4 N–H and O–H groups in total. The molecule has 1 fully saturated rings. The molecule has 5 heteroatoms. The first kappa shape index (κ1) is 10.3. The summed E-state index contributed by atoms with van der Waals surface area (Å²) < 4.78 is 5.24. The Morgan fingerprint density at radius 1 is 1.31 bits per heavy atom. The van der Waals surface area contributed by atoms with Crippen molar-refractivity contribution in [3.05, 3.63) is 0 Å². The minimum Gasteiger partial charge on any atom is -0.379 e. The summed E-state index contributed by atoms with van der Waals surface area (Å²) in [5.41, 5.74) is 10.4. The van der Waals surface area contributed by atoms with Crippen molar-refractivity contribution in [3.8, 4) is 0 Å². The van der Waals surface area contributed by atoms with Gasteiger partial charge in [-0.2, -0.15) is 0 Å². The summed E-state index contributed by atoms with van der Waals surface area (Å²) in [5, 5.41) is 0. The summed E-state index contributed by atoms with van der Waals surface area (Å²) in [6, 6.07) is 0. The van der Waals surface area contributed by atoms with Crippen LogP contribution in [0.5, 0.6) is 0 Å². The van der Waals surface area contributed by atoms with Crippen LogP contribution in [-0.2, 0) is 4.74 Å². The van der Waals surface area contributed by atoms with E-state index in [0.29, 0.717) is 0 Å². The lowest BCUT2D eigenvalue weighted by Gasteiger charge is -2.26. The number of hydrogen-bond donors (Lipinski definition) is 2. The minimum atomic E-state index is 0.182. The SMILES string of the molecule is NC(N)=NCCCN1CCOCC1. The number of hydrogen-bond acceptors (Lipinski definition) is 3. The van der Waals surface area contributed by atoms with E-state index in [9.17, 15) is 0 Å². The van der Waals surface area contributed by atoms with E-state index in [1.165, 1.54) is 0 Å². The second-order valence-corrected chi connectivity index (χ2v) is 3.11. The summed E-state index contributed by atoms with van der Waals surface area (Å²) >= 11 is 0. The fraction of sp³-hybridized carbons (Fsp3) is 0.875. The van der Waals surface area contributed by atoms with Crippen molar-refractivity contribution in [3.63, 3.8) is 0 Å². The Bertz CT molecular complexity index is 162. The second kappa shape index (κ2) is 5.77. The van der Waals surface area contributed by atoms with E-state index < -0.39 is 0 Å². The molecular formula is C8H18N4O. The lowest BCUT2D eigenvalue weighted by atomic mass is 10.3. The first-order valence-corrected chi connectivity index (χ1v) is 4.64. The van der Waals surface area contributed by atoms with Gasteiger partial charge in [-0.05, 0) is 6.42 Å². The number of nitrogens with zero attached hydrogens (tertiary/aromatic N) is 2. The van der Waals surface area contributed by atoms with Crippen LogP contribution in [0.25, 0.3) is 0 Å². The van der Waals surface area contributed by atoms with Crippen LogP contribution in [0.3, 0.4) is 0 Å². The molecule has 0 unspecified atom stereocenters. The molecule has 0 amide bonds. The highest BCUT2D eigenvalue weighted by molar-refractivity contribution is 5.75. The largest absolute Gasteiger partial charge is 0.379 e. The van der Waals surface area contributed by atoms with Crippen LogP contribution in [0.1, 0.15) is 6.42 Å². The van der Waals surface area contributed by atoms with E-state index in [2.05, 4.69) is 9.89 Å². The van der Waals surface area contributed by atoms with Gasteiger partial charge in [-0.15, -0.1) is 0 Å². The zero-order valence-corrected chi connectivity index (χ0v) is 7.91. The monoisotopic (exact) mass is 186 g/mol. The van der Waals surface area contributed by atoms with Gasteiger partial charge in [0, 0.05) is 26.2 Å². The van der Waals surface area contributed by atoms with Crippen LogP contribution in [0.15, 0.2) is 4.99 Å². The molecule has 76 valence electrons. The van der Waals surface area contributed by atoms with Gasteiger partial charge in [0.15, 0.2) is 5.96 Å². The third-order valence-electron chi connectivity index (χ3n) is 2.03. The summed E-state index contributed by atoms with van der Waals surface area (Å²) in [6.45, 7) is 5.54. The molecule has 1 rings (SSSR count). The van der Waals surface area contributed by atoms with Gasteiger partial charge in [-0.25, -0.2) is 0 Å². The Morgan fingerprint density at radius 2 is 2.00 bits per heavy atom. The van der Waals surface area contributed by atoms with Crippen LogP contribution in [-0.4, -0.2) is 50.3 Å². The second-order valence-electron chi connectivity index (χ2n) is 3.11. The molecule has 1 aliphatic heterocycles. The Morgan fingerprint density at radius 3 is 2.62 bits per heavy atom. The molecule has 0 saturated carbocycles. The van der Waals surface area contributed by atoms with Gasteiger partial charge in [-0.3, -0.25) is 9.89 Å².